The highest BCUT2D eigenvalue weighted by Crippen LogP contribution is 2.39. The topological polar surface area (TPSA) is 52.6 Å². The van der Waals surface area contributed by atoms with Gasteiger partial charge in [0.15, 0.2) is 0 Å². The quantitative estimate of drug-likeness (QED) is 0.472. The highest BCUT2D eigenvalue weighted by molar-refractivity contribution is 5.83. The van der Waals surface area contributed by atoms with Crippen LogP contribution in [-0.4, -0.2) is 25.2 Å². The molecule has 0 radical (unpaired) electrons. The van der Waals surface area contributed by atoms with Gasteiger partial charge in [0.05, 0.1) is 25.0 Å². The number of esters is 2. The summed E-state index contributed by atoms with van der Waals surface area (Å²) in [6.45, 7) is 15.1. The van der Waals surface area contributed by atoms with Gasteiger partial charge in [0.2, 0.25) is 0 Å². The van der Waals surface area contributed by atoms with Gasteiger partial charge >= 0.3 is 11.9 Å². The zero-order valence-corrected chi connectivity index (χ0v) is 17.0. The molecule has 4 nitrogen and oxygen atoms in total. The fourth-order valence-electron chi connectivity index (χ4n) is 3.18. The standard InChI is InChI=1S/C21H36O4/c1-8-13(3)11-24-20(22)18-16(6)10-15(5)17(7)19(18)21(23)25-12-14(4)9-2/h10,13-14,16-19H,8-9,11-12H2,1-7H3. The van der Waals surface area contributed by atoms with Crippen LogP contribution in [0.2, 0.25) is 0 Å². The van der Waals surface area contributed by atoms with Crippen molar-refractivity contribution in [1.82, 2.24) is 0 Å². The molecule has 0 spiro atoms. The van der Waals surface area contributed by atoms with Crippen molar-refractivity contribution in [2.24, 2.45) is 35.5 Å². The van der Waals surface area contributed by atoms with Gasteiger partial charge in [-0.3, -0.25) is 9.59 Å². The zero-order valence-electron chi connectivity index (χ0n) is 17.0. The summed E-state index contributed by atoms with van der Waals surface area (Å²) in [7, 11) is 0. The largest absolute Gasteiger partial charge is 0.465 e. The summed E-state index contributed by atoms with van der Waals surface area (Å²) < 4.78 is 11.1. The molecule has 0 aromatic heterocycles. The van der Waals surface area contributed by atoms with E-state index in [1.807, 2.05) is 20.8 Å². The van der Waals surface area contributed by atoms with E-state index in [9.17, 15) is 9.59 Å². The van der Waals surface area contributed by atoms with Crippen LogP contribution in [0.5, 0.6) is 0 Å². The molecule has 0 amide bonds. The van der Waals surface area contributed by atoms with Crippen molar-refractivity contribution in [3.05, 3.63) is 11.6 Å². The van der Waals surface area contributed by atoms with Crippen LogP contribution >= 0.6 is 0 Å². The number of carbonyl (C=O) groups excluding carboxylic acids is 2. The van der Waals surface area contributed by atoms with Gasteiger partial charge in [-0.1, -0.05) is 66.0 Å². The van der Waals surface area contributed by atoms with Gasteiger partial charge in [-0.2, -0.15) is 0 Å². The lowest BCUT2D eigenvalue weighted by molar-refractivity contribution is -0.166. The first-order chi connectivity index (χ1) is 11.7. The molecule has 0 saturated heterocycles. The number of hydrogen-bond acceptors (Lipinski definition) is 4. The minimum Gasteiger partial charge on any atom is -0.465 e. The van der Waals surface area contributed by atoms with Gasteiger partial charge in [-0.25, -0.2) is 0 Å². The third-order valence-electron chi connectivity index (χ3n) is 5.69. The molecule has 0 saturated carbocycles. The average molecular weight is 353 g/mol. The second-order valence-electron chi connectivity index (χ2n) is 7.90. The third kappa shape index (κ3) is 5.86. The SMILES string of the molecule is CCC(C)COC(=O)C1C(C)C=C(C)C(C)C1C(=O)OCC(C)CC. The molecular weight excluding hydrogens is 316 g/mol. The van der Waals surface area contributed by atoms with Crippen molar-refractivity contribution < 1.29 is 19.1 Å². The lowest BCUT2D eigenvalue weighted by atomic mass is 9.68. The van der Waals surface area contributed by atoms with Crippen LogP contribution in [0.15, 0.2) is 11.6 Å². The lowest BCUT2D eigenvalue weighted by Crippen LogP contribution is -2.43. The normalized spacial score (nSPS) is 28.7. The molecule has 1 rings (SSSR count). The first-order valence-corrected chi connectivity index (χ1v) is 9.74. The maximum absolute atomic E-state index is 12.8. The van der Waals surface area contributed by atoms with Crippen molar-refractivity contribution in [3.8, 4) is 0 Å². The number of carbonyl (C=O) groups is 2. The molecule has 0 heterocycles. The monoisotopic (exact) mass is 352 g/mol. The van der Waals surface area contributed by atoms with Crippen molar-refractivity contribution >= 4 is 11.9 Å². The Balaban J connectivity index is 2.92. The second-order valence-corrected chi connectivity index (χ2v) is 7.90. The first kappa shape index (κ1) is 21.7. The van der Waals surface area contributed by atoms with Gasteiger partial charge in [0, 0.05) is 0 Å². The Kier molecular flexibility index (Phi) is 8.67. The number of rotatable bonds is 8. The van der Waals surface area contributed by atoms with E-state index in [0.717, 1.165) is 18.4 Å². The Morgan fingerprint density at radius 3 is 1.84 bits per heavy atom. The van der Waals surface area contributed by atoms with Crippen LogP contribution in [0.3, 0.4) is 0 Å². The highest BCUT2D eigenvalue weighted by atomic mass is 16.5. The molecule has 25 heavy (non-hydrogen) atoms. The number of hydrogen-bond donors (Lipinski definition) is 0. The summed E-state index contributed by atoms with van der Waals surface area (Å²) in [4.78, 5) is 25.5. The molecule has 1 aliphatic carbocycles. The molecule has 0 aromatic rings. The van der Waals surface area contributed by atoms with E-state index in [2.05, 4.69) is 33.8 Å². The summed E-state index contributed by atoms with van der Waals surface area (Å²) in [5.41, 5.74) is 1.14. The minimum absolute atomic E-state index is 0.0122. The van der Waals surface area contributed by atoms with Crippen molar-refractivity contribution in [3.63, 3.8) is 0 Å². The van der Waals surface area contributed by atoms with Gasteiger partial charge in [-0.15, -0.1) is 0 Å². The van der Waals surface area contributed by atoms with Crippen molar-refractivity contribution in [1.29, 1.82) is 0 Å². The maximum atomic E-state index is 12.8. The Hall–Kier alpha value is -1.32. The van der Waals surface area contributed by atoms with Crippen LogP contribution in [0.25, 0.3) is 0 Å². The van der Waals surface area contributed by atoms with Gasteiger partial charge in [0.1, 0.15) is 0 Å². The minimum atomic E-state index is -0.466. The smallest absolute Gasteiger partial charge is 0.310 e. The van der Waals surface area contributed by atoms with Crippen LogP contribution in [0.4, 0.5) is 0 Å². The third-order valence-corrected chi connectivity index (χ3v) is 5.69. The molecule has 4 heteroatoms. The maximum Gasteiger partial charge on any atom is 0.310 e. The van der Waals surface area contributed by atoms with E-state index in [-0.39, 0.29) is 23.8 Å². The molecule has 0 N–H and O–H groups in total. The number of ether oxygens (including phenoxy) is 2. The van der Waals surface area contributed by atoms with E-state index >= 15 is 0 Å². The Labute approximate surface area is 153 Å². The van der Waals surface area contributed by atoms with E-state index in [1.54, 1.807) is 0 Å². The predicted octanol–water partition coefficient (Wildman–Crippen LogP) is 4.63. The highest BCUT2D eigenvalue weighted by Gasteiger charge is 2.45. The Morgan fingerprint density at radius 1 is 0.960 bits per heavy atom. The van der Waals surface area contributed by atoms with Gasteiger partial charge in [-0.05, 0) is 30.6 Å². The Morgan fingerprint density at radius 2 is 1.40 bits per heavy atom. The van der Waals surface area contributed by atoms with E-state index in [0.29, 0.717) is 25.0 Å². The van der Waals surface area contributed by atoms with E-state index in [4.69, 9.17) is 9.47 Å². The Bertz CT molecular complexity index is 482. The average Bonchev–Trinajstić information content (AvgIpc) is 2.59. The second kappa shape index (κ2) is 9.98. The number of allylic oxidation sites excluding steroid dienone is 2. The molecular formula is C21H36O4. The predicted molar refractivity (Wildman–Crippen MR) is 99.9 cm³/mol. The molecule has 0 fully saturated rings. The molecule has 0 bridgehead atoms. The summed E-state index contributed by atoms with van der Waals surface area (Å²) in [5.74, 6) is -0.850. The fourth-order valence-corrected chi connectivity index (χ4v) is 3.18. The molecule has 6 unspecified atom stereocenters. The van der Waals surface area contributed by atoms with Crippen LogP contribution in [-0.2, 0) is 19.1 Å². The molecule has 0 aliphatic heterocycles. The molecule has 1 aliphatic rings. The fraction of sp³-hybridized carbons (Fsp3) is 0.810. The van der Waals surface area contributed by atoms with Crippen LogP contribution < -0.4 is 0 Å². The van der Waals surface area contributed by atoms with Crippen LogP contribution in [0, 0.1) is 35.5 Å². The van der Waals surface area contributed by atoms with Crippen LogP contribution in [0.1, 0.15) is 61.3 Å². The lowest BCUT2D eigenvalue weighted by Gasteiger charge is -2.36. The van der Waals surface area contributed by atoms with Crippen molar-refractivity contribution in [2.45, 2.75) is 61.3 Å². The van der Waals surface area contributed by atoms with Gasteiger partial charge in [0.25, 0.3) is 0 Å². The van der Waals surface area contributed by atoms with E-state index < -0.39 is 11.8 Å². The van der Waals surface area contributed by atoms with Crippen molar-refractivity contribution in [2.75, 3.05) is 13.2 Å². The molecule has 0 aromatic carbocycles. The molecule has 6 atom stereocenters. The summed E-state index contributed by atoms with van der Waals surface area (Å²) in [5, 5.41) is 0. The van der Waals surface area contributed by atoms with E-state index in [1.165, 1.54) is 0 Å². The zero-order chi connectivity index (χ0) is 19.1. The summed E-state index contributed by atoms with van der Waals surface area (Å²) >= 11 is 0. The van der Waals surface area contributed by atoms with Gasteiger partial charge < -0.3 is 9.47 Å². The first-order valence-electron chi connectivity index (χ1n) is 9.74. The summed E-state index contributed by atoms with van der Waals surface area (Å²) in [6.07, 6.45) is 4.02. The summed E-state index contributed by atoms with van der Waals surface area (Å²) in [6, 6.07) is 0. The molecule has 144 valence electrons.